The zero-order chi connectivity index (χ0) is 12.2. The predicted octanol–water partition coefficient (Wildman–Crippen LogP) is 0.710. The van der Waals surface area contributed by atoms with Gasteiger partial charge in [0.15, 0.2) is 0 Å². The van der Waals surface area contributed by atoms with E-state index in [4.69, 9.17) is 19.9 Å². The topological polar surface area (TPSA) is 70.8 Å². The van der Waals surface area contributed by atoms with Crippen LogP contribution in [0.4, 0.5) is 0 Å². The lowest BCUT2D eigenvalue weighted by atomic mass is 10.2. The van der Waals surface area contributed by atoms with Crippen LogP contribution in [0.25, 0.3) is 0 Å². The first-order valence-corrected chi connectivity index (χ1v) is 5.71. The molecule has 0 aromatic heterocycles. The Hall–Kier alpha value is -0.650. The van der Waals surface area contributed by atoms with Gasteiger partial charge in [-0.2, -0.15) is 0 Å². The second-order valence-corrected chi connectivity index (χ2v) is 3.52. The van der Waals surface area contributed by atoms with Crippen molar-refractivity contribution in [3.05, 3.63) is 0 Å². The minimum Gasteiger partial charge on any atom is -0.464 e. The molecular weight excluding hydrogens is 210 g/mol. The Bertz CT molecular complexity index is 175. The van der Waals surface area contributed by atoms with Crippen molar-refractivity contribution < 1.29 is 19.0 Å². The molecule has 0 spiro atoms. The molecule has 0 heterocycles. The molecule has 0 aliphatic heterocycles. The Balaban J connectivity index is 3.27. The number of esters is 1. The first-order valence-electron chi connectivity index (χ1n) is 5.71. The molecule has 0 saturated carbocycles. The van der Waals surface area contributed by atoms with E-state index in [1.165, 1.54) is 0 Å². The van der Waals surface area contributed by atoms with Crippen LogP contribution < -0.4 is 5.73 Å². The molecule has 0 unspecified atom stereocenters. The molecule has 0 amide bonds. The molecule has 5 heteroatoms. The van der Waals surface area contributed by atoms with Crippen LogP contribution in [0.15, 0.2) is 0 Å². The van der Waals surface area contributed by atoms with Crippen molar-refractivity contribution >= 4 is 5.97 Å². The summed E-state index contributed by atoms with van der Waals surface area (Å²) in [5.41, 5.74) is 5.59. The van der Waals surface area contributed by atoms with Crippen LogP contribution in [0.1, 0.15) is 26.2 Å². The van der Waals surface area contributed by atoms with Gasteiger partial charge in [0, 0.05) is 20.1 Å². The molecule has 16 heavy (non-hydrogen) atoms. The molecule has 0 aliphatic carbocycles. The molecule has 0 rings (SSSR count). The Morgan fingerprint density at radius 2 is 2.00 bits per heavy atom. The second-order valence-electron chi connectivity index (χ2n) is 3.52. The summed E-state index contributed by atoms with van der Waals surface area (Å²) in [4.78, 5) is 11.3. The zero-order valence-electron chi connectivity index (χ0n) is 10.2. The second kappa shape index (κ2) is 10.9. The van der Waals surface area contributed by atoms with E-state index in [1.54, 1.807) is 7.11 Å². The minimum absolute atomic E-state index is 0.321. The highest BCUT2D eigenvalue weighted by Gasteiger charge is 2.12. The molecule has 96 valence electrons. The van der Waals surface area contributed by atoms with E-state index in [2.05, 4.69) is 0 Å². The molecule has 0 radical (unpaired) electrons. The van der Waals surface area contributed by atoms with Crippen LogP contribution in [-0.2, 0) is 19.0 Å². The third kappa shape index (κ3) is 8.64. The molecule has 5 nitrogen and oxygen atoms in total. The summed E-state index contributed by atoms with van der Waals surface area (Å²) in [7, 11) is 1.63. The third-order valence-corrected chi connectivity index (χ3v) is 2.01. The number of carbonyl (C=O) groups is 1. The molecule has 0 saturated heterocycles. The Morgan fingerprint density at radius 3 is 2.62 bits per heavy atom. The zero-order valence-corrected chi connectivity index (χ0v) is 10.2. The highest BCUT2D eigenvalue weighted by atomic mass is 16.5. The van der Waals surface area contributed by atoms with Crippen molar-refractivity contribution in [3.8, 4) is 0 Å². The van der Waals surface area contributed by atoms with Gasteiger partial charge in [-0.3, -0.25) is 4.79 Å². The number of methoxy groups -OCH3 is 1. The molecule has 0 aromatic carbocycles. The average molecular weight is 233 g/mol. The molecule has 0 bridgehead atoms. The van der Waals surface area contributed by atoms with Crippen molar-refractivity contribution in [1.82, 2.24) is 0 Å². The summed E-state index contributed by atoms with van der Waals surface area (Å²) >= 11 is 0. The quantitative estimate of drug-likeness (QED) is 0.444. The van der Waals surface area contributed by atoms with Crippen molar-refractivity contribution in [1.29, 1.82) is 0 Å². The Morgan fingerprint density at radius 1 is 1.25 bits per heavy atom. The lowest BCUT2D eigenvalue weighted by molar-refractivity contribution is -0.145. The van der Waals surface area contributed by atoms with Crippen LogP contribution >= 0.6 is 0 Å². The lowest BCUT2D eigenvalue weighted by Crippen LogP contribution is -2.32. The van der Waals surface area contributed by atoms with Crippen LogP contribution in [0.3, 0.4) is 0 Å². The minimum atomic E-state index is -0.487. The fourth-order valence-electron chi connectivity index (χ4n) is 1.11. The maximum atomic E-state index is 11.3. The largest absolute Gasteiger partial charge is 0.464 e. The highest BCUT2D eigenvalue weighted by Crippen LogP contribution is 1.96. The van der Waals surface area contributed by atoms with E-state index < -0.39 is 6.04 Å². The van der Waals surface area contributed by atoms with Gasteiger partial charge in [-0.1, -0.05) is 13.3 Å². The van der Waals surface area contributed by atoms with Gasteiger partial charge in [-0.05, 0) is 6.42 Å². The van der Waals surface area contributed by atoms with Gasteiger partial charge in [0.25, 0.3) is 0 Å². The van der Waals surface area contributed by atoms with Gasteiger partial charge in [0.1, 0.15) is 6.04 Å². The van der Waals surface area contributed by atoms with Crippen molar-refractivity contribution in [3.63, 3.8) is 0 Å². The standard InChI is InChI=1S/C11H23NO4/c1-3-5-10(12)11(13)16-7-4-6-15-9-8-14-2/h10H,3-9,12H2,1-2H3/t10-/m1/s1. The van der Waals surface area contributed by atoms with Gasteiger partial charge >= 0.3 is 5.97 Å². The maximum Gasteiger partial charge on any atom is 0.322 e. The lowest BCUT2D eigenvalue weighted by Gasteiger charge is -2.10. The molecular formula is C11H23NO4. The van der Waals surface area contributed by atoms with E-state index in [1.807, 2.05) is 6.92 Å². The van der Waals surface area contributed by atoms with Crippen molar-refractivity contribution in [2.45, 2.75) is 32.2 Å². The predicted molar refractivity (Wildman–Crippen MR) is 61.2 cm³/mol. The summed E-state index contributed by atoms with van der Waals surface area (Å²) in [6.45, 7) is 4.07. The van der Waals surface area contributed by atoms with E-state index in [0.717, 1.165) is 6.42 Å². The van der Waals surface area contributed by atoms with E-state index >= 15 is 0 Å². The smallest absolute Gasteiger partial charge is 0.322 e. The van der Waals surface area contributed by atoms with E-state index in [9.17, 15) is 4.79 Å². The normalized spacial score (nSPS) is 12.4. The summed E-state index contributed by atoms with van der Waals surface area (Å²) < 4.78 is 15.0. The third-order valence-electron chi connectivity index (χ3n) is 2.01. The fraction of sp³-hybridized carbons (Fsp3) is 0.909. The Kier molecular flexibility index (Phi) is 10.4. The molecule has 2 N–H and O–H groups in total. The molecule has 1 atom stereocenters. The summed E-state index contributed by atoms with van der Waals surface area (Å²) in [6, 6.07) is -0.487. The van der Waals surface area contributed by atoms with E-state index in [0.29, 0.717) is 39.3 Å². The number of carbonyl (C=O) groups excluding carboxylic acids is 1. The number of ether oxygens (including phenoxy) is 3. The average Bonchev–Trinajstić information content (AvgIpc) is 2.28. The number of hydrogen-bond acceptors (Lipinski definition) is 5. The first-order chi connectivity index (χ1) is 7.72. The fourth-order valence-corrected chi connectivity index (χ4v) is 1.11. The highest BCUT2D eigenvalue weighted by molar-refractivity contribution is 5.75. The summed E-state index contributed by atoms with van der Waals surface area (Å²) in [5.74, 6) is -0.321. The van der Waals surface area contributed by atoms with Gasteiger partial charge in [0.2, 0.25) is 0 Å². The van der Waals surface area contributed by atoms with Crippen LogP contribution in [0, 0.1) is 0 Å². The van der Waals surface area contributed by atoms with Gasteiger partial charge in [-0.15, -0.1) is 0 Å². The monoisotopic (exact) mass is 233 g/mol. The van der Waals surface area contributed by atoms with Gasteiger partial charge < -0.3 is 19.9 Å². The molecule has 0 aliphatic rings. The van der Waals surface area contributed by atoms with Crippen molar-refractivity contribution in [2.75, 3.05) is 33.5 Å². The maximum absolute atomic E-state index is 11.3. The summed E-state index contributed by atoms with van der Waals surface area (Å²) in [6.07, 6.45) is 2.24. The molecule has 0 aromatic rings. The van der Waals surface area contributed by atoms with Crippen LogP contribution in [0.5, 0.6) is 0 Å². The van der Waals surface area contributed by atoms with Gasteiger partial charge in [0.05, 0.1) is 19.8 Å². The van der Waals surface area contributed by atoms with E-state index in [-0.39, 0.29) is 5.97 Å². The molecule has 0 fully saturated rings. The number of nitrogens with two attached hydrogens (primary N) is 1. The first kappa shape index (κ1) is 15.3. The van der Waals surface area contributed by atoms with Gasteiger partial charge in [-0.25, -0.2) is 0 Å². The Labute approximate surface area is 97.2 Å². The number of rotatable bonds is 10. The number of hydrogen-bond donors (Lipinski definition) is 1. The SMILES string of the molecule is CCC[C@@H](N)C(=O)OCCCOCCOC. The van der Waals surface area contributed by atoms with Crippen molar-refractivity contribution in [2.24, 2.45) is 5.73 Å². The van der Waals surface area contributed by atoms with Crippen LogP contribution in [-0.4, -0.2) is 45.5 Å². The summed E-state index contributed by atoms with van der Waals surface area (Å²) in [5, 5.41) is 0. The van der Waals surface area contributed by atoms with Crippen LogP contribution in [0.2, 0.25) is 0 Å².